The fraction of sp³-hybridized carbons (Fsp3) is 0.167. The molecule has 1 aliphatic rings. The van der Waals surface area contributed by atoms with Crippen molar-refractivity contribution in [3.8, 4) is 0 Å². The summed E-state index contributed by atoms with van der Waals surface area (Å²) in [7, 11) is -3.02. The number of allylic oxidation sites excluding steroid dienone is 4. The molecule has 1 atom stereocenters. The van der Waals surface area contributed by atoms with Crippen molar-refractivity contribution in [1.29, 1.82) is 0 Å². The van der Waals surface area contributed by atoms with E-state index in [0.717, 1.165) is 16.7 Å². The second-order valence-corrected chi connectivity index (χ2v) is 18.1. The van der Waals surface area contributed by atoms with Gasteiger partial charge in [-0.1, -0.05) is 132 Å². The summed E-state index contributed by atoms with van der Waals surface area (Å²) in [5.74, 6) is -0.476. The summed E-state index contributed by atoms with van der Waals surface area (Å²) in [4.78, 5) is 0. The maximum Gasteiger partial charge on any atom is 0.176 e. The Labute approximate surface area is 307 Å². The first-order valence-corrected chi connectivity index (χ1v) is 20.0. The molecule has 0 aliphatic heterocycles. The molecule has 1 unspecified atom stereocenters. The Morgan fingerprint density at radius 2 is 0.750 bits per heavy atom. The first-order chi connectivity index (χ1) is 25.1. The van der Waals surface area contributed by atoms with Gasteiger partial charge in [-0.05, 0) is 137 Å². The Hall–Kier alpha value is -5.19. The van der Waals surface area contributed by atoms with E-state index in [-0.39, 0.29) is 23.4 Å². The zero-order valence-electron chi connectivity index (χ0n) is 30.2. The number of halogens is 3. The van der Waals surface area contributed by atoms with E-state index >= 15 is 0 Å². The molecule has 6 aromatic carbocycles. The predicted molar refractivity (Wildman–Crippen MR) is 212 cm³/mol. The average Bonchev–Trinajstić information content (AvgIpc) is 3.34. The van der Waals surface area contributed by atoms with E-state index in [4.69, 9.17) is 0 Å². The molecule has 0 fully saturated rings. The molecule has 0 aromatic heterocycles. The number of rotatable bonds is 10. The summed E-state index contributed by atoms with van der Waals surface area (Å²) in [6.07, 6.45) is 2.08. The normalized spacial score (nSPS) is 14.7. The lowest BCUT2D eigenvalue weighted by molar-refractivity contribution is 0.627. The second-order valence-electron chi connectivity index (χ2n) is 14.3. The van der Waals surface area contributed by atoms with Crippen molar-refractivity contribution < 1.29 is 13.2 Å². The van der Waals surface area contributed by atoms with Crippen molar-refractivity contribution >= 4 is 23.6 Å². The lowest BCUT2D eigenvalue weighted by atomic mass is 10.0. The molecule has 0 amide bonds. The van der Waals surface area contributed by atoms with Gasteiger partial charge in [0.2, 0.25) is 0 Å². The summed E-state index contributed by atoms with van der Waals surface area (Å²) in [6.45, 7) is 9.19. The van der Waals surface area contributed by atoms with Gasteiger partial charge in [-0.2, -0.15) is 0 Å². The molecular weight excluding hydrogens is 662 g/mol. The minimum Gasteiger partial charge on any atom is -0.207 e. The molecule has 7 rings (SSSR count). The topological polar surface area (TPSA) is 0 Å². The van der Waals surface area contributed by atoms with E-state index < -0.39 is 8.07 Å². The van der Waals surface area contributed by atoms with Gasteiger partial charge in [0.1, 0.15) is 17.5 Å². The van der Waals surface area contributed by atoms with Crippen LogP contribution >= 0.6 is 0 Å². The Bertz CT molecular complexity index is 2060. The first-order valence-electron chi connectivity index (χ1n) is 18.0. The van der Waals surface area contributed by atoms with Crippen molar-refractivity contribution in [2.75, 3.05) is 0 Å². The molecule has 4 heteroatoms. The molecule has 6 aromatic rings. The molecular formula is C48H43F3Si. The highest BCUT2D eigenvalue weighted by atomic mass is 28.3. The third-order valence-electron chi connectivity index (χ3n) is 11.1. The summed E-state index contributed by atoms with van der Waals surface area (Å²) in [6, 6.07) is 47.6. The Morgan fingerprint density at radius 1 is 0.423 bits per heavy atom. The minimum absolute atomic E-state index is 0.230. The van der Waals surface area contributed by atoms with Gasteiger partial charge in [-0.3, -0.25) is 0 Å². The van der Waals surface area contributed by atoms with Crippen LogP contribution in [-0.4, -0.2) is 8.07 Å². The van der Waals surface area contributed by atoms with E-state index in [1.54, 1.807) is 0 Å². The fourth-order valence-corrected chi connectivity index (χ4v) is 14.0. The molecule has 0 N–H and O–H groups in total. The van der Waals surface area contributed by atoms with Crippen LogP contribution < -0.4 is 15.6 Å². The molecule has 1 aliphatic carbocycles. The minimum atomic E-state index is -3.02. The van der Waals surface area contributed by atoms with Crippen molar-refractivity contribution in [3.05, 3.63) is 218 Å². The van der Waals surface area contributed by atoms with Crippen LogP contribution in [-0.2, 0) is 19.3 Å². The van der Waals surface area contributed by atoms with Crippen LogP contribution in [0.3, 0.4) is 0 Å². The summed E-state index contributed by atoms with van der Waals surface area (Å²) < 4.78 is 41.6. The number of benzene rings is 6. The molecule has 0 bridgehead atoms. The smallest absolute Gasteiger partial charge is 0.176 e. The fourth-order valence-electron chi connectivity index (χ4n) is 8.19. The van der Waals surface area contributed by atoms with Crippen molar-refractivity contribution in [2.45, 2.75) is 47.0 Å². The zero-order valence-corrected chi connectivity index (χ0v) is 31.2. The van der Waals surface area contributed by atoms with Crippen LogP contribution in [0, 0.1) is 23.4 Å². The van der Waals surface area contributed by atoms with Crippen molar-refractivity contribution in [2.24, 2.45) is 5.92 Å². The lowest BCUT2D eigenvalue weighted by Crippen LogP contribution is -2.69. The van der Waals surface area contributed by atoms with Gasteiger partial charge < -0.3 is 0 Å². The molecule has 0 saturated heterocycles. The van der Waals surface area contributed by atoms with Gasteiger partial charge in [0, 0.05) is 0 Å². The van der Waals surface area contributed by atoms with Crippen LogP contribution in [0.1, 0.15) is 61.1 Å². The van der Waals surface area contributed by atoms with Crippen LogP contribution in [0.2, 0.25) is 0 Å². The molecule has 0 radical (unpaired) electrons. The largest absolute Gasteiger partial charge is 0.207 e. The molecule has 0 nitrogen and oxygen atoms in total. The van der Waals surface area contributed by atoms with Crippen LogP contribution in [0.25, 0.3) is 0 Å². The maximum atomic E-state index is 13.9. The Balaban J connectivity index is 1.47. The van der Waals surface area contributed by atoms with Gasteiger partial charge in [-0.25, -0.2) is 13.2 Å². The zero-order chi connectivity index (χ0) is 36.4. The van der Waals surface area contributed by atoms with E-state index in [1.807, 2.05) is 36.4 Å². The SMILES string of the molecule is CC1=C(C)C(C)C([Si](c2cccc(Cc3ccc(F)cc3)c2)(c2cccc(Cc3ccc(F)cc3)c2)c2cccc(Cc3ccc(F)cc3)c2)=C1C. The average molecular weight is 705 g/mol. The summed E-state index contributed by atoms with van der Waals surface area (Å²) in [5, 5.41) is 5.38. The van der Waals surface area contributed by atoms with Crippen LogP contribution in [0.5, 0.6) is 0 Å². The Kier molecular flexibility index (Phi) is 10.0. The van der Waals surface area contributed by atoms with E-state index in [2.05, 4.69) is 100 Å². The highest BCUT2D eigenvalue weighted by Crippen LogP contribution is 2.41. The number of hydrogen-bond acceptors (Lipinski definition) is 0. The maximum absolute atomic E-state index is 13.9. The van der Waals surface area contributed by atoms with E-state index in [1.165, 1.54) is 90.6 Å². The van der Waals surface area contributed by atoms with Crippen molar-refractivity contribution in [3.63, 3.8) is 0 Å². The van der Waals surface area contributed by atoms with Gasteiger partial charge in [0.15, 0.2) is 8.07 Å². The van der Waals surface area contributed by atoms with Gasteiger partial charge in [0.25, 0.3) is 0 Å². The Morgan fingerprint density at radius 3 is 1.04 bits per heavy atom. The highest BCUT2D eigenvalue weighted by Gasteiger charge is 2.48. The molecule has 0 spiro atoms. The van der Waals surface area contributed by atoms with Gasteiger partial charge in [0.05, 0.1) is 0 Å². The highest BCUT2D eigenvalue weighted by molar-refractivity contribution is 7.16. The van der Waals surface area contributed by atoms with Gasteiger partial charge >= 0.3 is 0 Å². The predicted octanol–water partition coefficient (Wildman–Crippen LogP) is 10.2. The third-order valence-corrected chi connectivity index (χ3v) is 16.2. The molecule has 0 saturated carbocycles. The van der Waals surface area contributed by atoms with Crippen molar-refractivity contribution in [1.82, 2.24) is 0 Å². The van der Waals surface area contributed by atoms with E-state index in [9.17, 15) is 13.2 Å². The summed E-state index contributed by atoms with van der Waals surface area (Å²) >= 11 is 0. The quantitative estimate of drug-likeness (QED) is 0.0984. The summed E-state index contributed by atoms with van der Waals surface area (Å²) in [5.41, 5.74) is 10.8. The number of hydrogen-bond donors (Lipinski definition) is 0. The lowest BCUT2D eigenvalue weighted by Gasteiger charge is -2.39. The van der Waals surface area contributed by atoms with Crippen LogP contribution in [0.15, 0.2) is 168 Å². The first kappa shape index (κ1) is 35.2. The molecule has 52 heavy (non-hydrogen) atoms. The third kappa shape index (κ3) is 7.00. The van der Waals surface area contributed by atoms with Gasteiger partial charge in [-0.15, -0.1) is 0 Å². The van der Waals surface area contributed by atoms with Crippen LogP contribution in [0.4, 0.5) is 13.2 Å². The molecule has 0 heterocycles. The van der Waals surface area contributed by atoms with E-state index in [0.29, 0.717) is 19.3 Å². The monoisotopic (exact) mass is 704 g/mol. The molecule has 260 valence electrons. The second kappa shape index (κ2) is 14.8. The standard InChI is InChI=1S/C48H43F3Si/c1-32-33(2)35(4)48(34(32)3)52(45-11-5-8-39(29-45)26-36-14-20-42(49)21-15-36,46-12-6-9-40(30-46)27-37-16-22-43(50)23-17-37)47-13-7-10-41(31-47)28-38-18-24-44(51)25-19-38/h5-25,29-31,34H,26-28H2,1-4H3.